The van der Waals surface area contributed by atoms with Crippen LogP contribution in [0.25, 0.3) is 0 Å². The summed E-state index contributed by atoms with van der Waals surface area (Å²) in [5.41, 5.74) is 5.25. The molecular weight excluding hydrogens is 295 g/mol. The number of halogens is 2. The van der Waals surface area contributed by atoms with Crippen molar-refractivity contribution in [1.29, 1.82) is 0 Å². The van der Waals surface area contributed by atoms with Crippen LogP contribution < -0.4 is 11.1 Å². The molecular formula is C15H24ClFN2O2. The average molecular weight is 319 g/mol. The molecule has 0 bridgehead atoms. The minimum atomic E-state index is -1.07. The smallest absolute Gasteiger partial charge is 0.227 e. The first-order valence-electron chi connectivity index (χ1n) is 6.91. The zero-order valence-corrected chi connectivity index (χ0v) is 13.3. The molecule has 4 N–H and O–H groups in total. The molecule has 0 aromatic heterocycles. The molecule has 0 aliphatic carbocycles. The van der Waals surface area contributed by atoms with E-state index in [0.717, 1.165) is 0 Å². The lowest BCUT2D eigenvalue weighted by Crippen LogP contribution is -2.46. The molecule has 1 amide bonds. The second-order valence-corrected chi connectivity index (χ2v) is 4.94. The first kappa shape index (κ1) is 19.8. The Balaban J connectivity index is 0.00000400. The lowest BCUT2D eigenvalue weighted by molar-refractivity contribution is -0.131. The maximum absolute atomic E-state index is 13.5. The third kappa shape index (κ3) is 4.66. The van der Waals surface area contributed by atoms with Crippen molar-refractivity contribution in [3.63, 3.8) is 0 Å². The van der Waals surface area contributed by atoms with Gasteiger partial charge in [0.1, 0.15) is 5.82 Å². The molecule has 0 aliphatic rings. The van der Waals surface area contributed by atoms with Crippen LogP contribution in [0.15, 0.2) is 24.3 Å². The third-order valence-electron chi connectivity index (χ3n) is 3.95. The fourth-order valence-electron chi connectivity index (χ4n) is 2.18. The van der Waals surface area contributed by atoms with E-state index in [4.69, 9.17) is 5.73 Å². The lowest BCUT2D eigenvalue weighted by atomic mass is 9.81. The fourth-order valence-corrected chi connectivity index (χ4v) is 2.18. The first-order valence-corrected chi connectivity index (χ1v) is 6.91. The van der Waals surface area contributed by atoms with Gasteiger partial charge in [-0.2, -0.15) is 0 Å². The van der Waals surface area contributed by atoms with Gasteiger partial charge in [-0.3, -0.25) is 4.79 Å². The summed E-state index contributed by atoms with van der Waals surface area (Å²) >= 11 is 0. The summed E-state index contributed by atoms with van der Waals surface area (Å²) in [6.45, 7) is 4.04. The molecule has 0 radical (unpaired) electrons. The van der Waals surface area contributed by atoms with Gasteiger partial charge in [-0.15, -0.1) is 12.4 Å². The molecule has 4 nitrogen and oxygen atoms in total. The Labute approximate surface area is 131 Å². The van der Waals surface area contributed by atoms with Crippen molar-refractivity contribution in [3.8, 4) is 0 Å². The van der Waals surface area contributed by atoms with Gasteiger partial charge in [0.15, 0.2) is 0 Å². The van der Waals surface area contributed by atoms with E-state index in [0.29, 0.717) is 12.8 Å². The van der Waals surface area contributed by atoms with E-state index >= 15 is 0 Å². The van der Waals surface area contributed by atoms with Crippen molar-refractivity contribution >= 4 is 18.3 Å². The number of carbonyl (C=O) groups is 1. The topological polar surface area (TPSA) is 75.4 Å². The van der Waals surface area contributed by atoms with Gasteiger partial charge in [0, 0.05) is 18.7 Å². The number of hydrogen-bond donors (Lipinski definition) is 3. The molecule has 1 rings (SSSR count). The van der Waals surface area contributed by atoms with Crippen LogP contribution in [0.2, 0.25) is 0 Å². The van der Waals surface area contributed by atoms with Gasteiger partial charge in [-0.25, -0.2) is 4.39 Å². The molecule has 1 atom stereocenters. The number of hydrogen-bond acceptors (Lipinski definition) is 3. The second-order valence-electron chi connectivity index (χ2n) is 4.94. The van der Waals surface area contributed by atoms with E-state index in [1.54, 1.807) is 12.1 Å². The SMILES string of the molecule is CCC(CC)(CN)C(=O)NCC(O)c1ccccc1F.Cl. The molecule has 120 valence electrons. The van der Waals surface area contributed by atoms with Gasteiger partial charge in [0.2, 0.25) is 5.91 Å². The third-order valence-corrected chi connectivity index (χ3v) is 3.95. The van der Waals surface area contributed by atoms with Crippen LogP contribution in [0.1, 0.15) is 38.4 Å². The fraction of sp³-hybridized carbons (Fsp3) is 0.533. The van der Waals surface area contributed by atoms with Crippen molar-refractivity contribution in [1.82, 2.24) is 5.32 Å². The van der Waals surface area contributed by atoms with Crippen molar-refractivity contribution < 1.29 is 14.3 Å². The normalized spacial score (nSPS) is 12.4. The summed E-state index contributed by atoms with van der Waals surface area (Å²) in [6, 6.07) is 5.98. The zero-order chi connectivity index (χ0) is 15.2. The molecule has 1 unspecified atom stereocenters. The van der Waals surface area contributed by atoms with Crippen LogP contribution >= 0.6 is 12.4 Å². The Morgan fingerprint density at radius 3 is 2.43 bits per heavy atom. The van der Waals surface area contributed by atoms with Gasteiger partial charge in [-0.05, 0) is 18.9 Å². The summed E-state index contributed by atoms with van der Waals surface area (Å²) in [5, 5.41) is 12.6. The molecule has 0 saturated carbocycles. The van der Waals surface area contributed by atoms with Crippen molar-refractivity contribution in [2.75, 3.05) is 13.1 Å². The molecule has 21 heavy (non-hydrogen) atoms. The largest absolute Gasteiger partial charge is 0.386 e. The number of rotatable bonds is 7. The Morgan fingerprint density at radius 2 is 1.95 bits per heavy atom. The van der Waals surface area contributed by atoms with E-state index in [1.165, 1.54) is 12.1 Å². The van der Waals surface area contributed by atoms with Crippen LogP contribution in [0.3, 0.4) is 0 Å². The highest BCUT2D eigenvalue weighted by atomic mass is 35.5. The van der Waals surface area contributed by atoms with Gasteiger partial charge >= 0.3 is 0 Å². The van der Waals surface area contributed by atoms with Gasteiger partial charge in [0.25, 0.3) is 0 Å². The summed E-state index contributed by atoms with van der Waals surface area (Å²) in [7, 11) is 0. The standard InChI is InChI=1S/C15H23FN2O2.ClH/c1-3-15(4-2,10-17)14(20)18-9-13(19)11-7-5-6-8-12(11)16;/h5-8,13,19H,3-4,9-10,17H2,1-2H3,(H,18,20);1H. The minimum absolute atomic E-state index is 0. The van der Waals surface area contributed by atoms with Crippen molar-refractivity contribution in [2.24, 2.45) is 11.1 Å². The number of carbonyl (C=O) groups excluding carboxylic acids is 1. The molecule has 1 aromatic carbocycles. The number of amides is 1. The zero-order valence-electron chi connectivity index (χ0n) is 12.4. The van der Waals surface area contributed by atoms with Gasteiger partial charge in [0.05, 0.1) is 11.5 Å². The Bertz CT molecular complexity index is 445. The van der Waals surface area contributed by atoms with Crippen LogP contribution in [0.5, 0.6) is 0 Å². The first-order chi connectivity index (χ1) is 9.50. The lowest BCUT2D eigenvalue weighted by Gasteiger charge is -2.29. The second kappa shape index (κ2) is 8.97. The van der Waals surface area contributed by atoms with Gasteiger partial charge < -0.3 is 16.2 Å². The summed E-state index contributed by atoms with van der Waals surface area (Å²) in [5.74, 6) is -0.675. The van der Waals surface area contributed by atoms with Crippen molar-refractivity contribution in [2.45, 2.75) is 32.8 Å². The van der Waals surface area contributed by atoms with E-state index in [9.17, 15) is 14.3 Å². The monoisotopic (exact) mass is 318 g/mol. The van der Waals surface area contributed by atoms with Crippen molar-refractivity contribution in [3.05, 3.63) is 35.6 Å². The van der Waals surface area contributed by atoms with Crippen LogP contribution in [0, 0.1) is 11.2 Å². The Morgan fingerprint density at radius 1 is 1.38 bits per heavy atom. The highest BCUT2D eigenvalue weighted by Crippen LogP contribution is 2.25. The van der Waals surface area contributed by atoms with Crippen LogP contribution in [-0.2, 0) is 4.79 Å². The Hall–Kier alpha value is -1.17. The average Bonchev–Trinajstić information content (AvgIpc) is 2.47. The summed E-state index contributed by atoms with van der Waals surface area (Å²) in [6.07, 6.45) is 0.188. The Kier molecular flexibility index (Phi) is 8.47. The van der Waals surface area contributed by atoms with Crippen LogP contribution in [-0.4, -0.2) is 24.1 Å². The van der Waals surface area contributed by atoms with Crippen LogP contribution in [0.4, 0.5) is 4.39 Å². The number of nitrogens with two attached hydrogens (primary N) is 1. The maximum atomic E-state index is 13.5. The quantitative estimate of drug-likeness (QED) is 0.721. The molecule has 1 aromatic rings. The predicted octanol–water partition coefficient (Wildman–Crippen LogP) is 2.16. The van der Waals surface area contributed by atoms with E-state index in [-0.39, 0.29) is 37.0 Å². The highest BCUT2D eigenvalue weighted by molar-refractivity contribution is 5.85. The summed E-state index contributed by atoms with van der Waals surface area (Å²) < 4.78 is 13.5. The molecule has 0 saturated heterocycles. The number of benzene rings is 1. The number of aliphatic hydroxyl groups is 1. The molecule has 0 heterocycles. The van der Waals surface area contributed by atoms with E-state index < -0.39 is 17.3 Å². The molecule has 6 heteroatoms. The highest BCUT2D eigenvalue weighted by Gasteiger charge is 2.33. The molecule has 0 spiro atoms. The number of nitrogens with one attached hydrogen (secondary N) is 1. The molecule has 0 fully saturated rings. The van der Waals surface area contributed by atoms with Gasteiger partial charge in [-0.1, -0.05) is 32.0 Å². The summed E-state index contributed by atoms with van der Waals surface area (Å²) in [4.78, 5) is 12.2. The maximum Gasteiger partial charge on any atom is 0.227 e. The predicted molar refractivity (Wildman–Crippen MR) is 83.7 cm³/mol. The van der Waals surface area contributed by atoms with E-state index in [1.807, 2.05) is 13.8 Å². The molecule has 0 aliphatic heterocycles. The number of aliphatic hydroxyl groups excluding tert-OH is 1. The van der Waals surface area contributed by atoms with E-state index in [2.05, 4.69) is 5.32 Å². The minimum Gasteiger partial charge on any atom is -0.386 e.